The van der Waals surface area contributed by atoms with Gasteiger partial charge in [0.05, 0.1) is 12.1 Å². The van der Waals surface area contributed by atoms with Crippen molar-refractivity contribution in [1.29, 1.82) is 0 Å². The first kappa shape index (κ1) is 12.2. The van der Waals surface area contributed by atoms with E-state index >= 15 is 0 Å². The number of carboxylic acids is 1. The van der Waals surface area contributed by atoms with Gasteiger partial charge in [0.1, 0.15) is 0 Å². The molecule has 3 rings (SSSR count). The number of carboxylic acid groups (broad SMARTS) is 1. The van der Waals surface area contributed by atoms with Crippen LogP contribution in [0.15, 0.2) is 35.7 Å². The Morgan fingerprint density at radius 3 is 2.79 bits per heavy atom. The summed E-state index contributed by atoms with van der Waals surface area (Å²) in [6.07, 6.45) is 0.257. The van der Waals surface area contributed by atoms with Crippen molar-refractivity contribution in [3.63, 3.8) is 0 Å². The molecule has 2 heterocycles. The molecule has 5 heteroatoms. The summed E-state index contributed by atoms with van der Waals surface area (Å²) >= 11 is 1.62. The number of hydrogen-bond acceptors (Lipinski definition) is 4. The lowest BCUT2D eigenvalue weighted by atomic mass is 9.97. The van der Waals surface area contributed by atoms with Crippen LogP contribution in [0.1, 0.15) is 6.42 Å². The Morgan fingerprint density at radius 2 is 2.11 bits per heavy atom. The molecule has 1 saturated heterocycles. The average molecular weight is 274 g/mol. The predicted molar refractivity (Wildman–Crippen MR) is 75.5 cm³/mol. The topological polar surface area (TPSA) is 53.4 Å². The smallest absolute Gasteiger partial charge is 0.303 e. The first-order valence-electron chi connectivity index (χ1n) is 6.20. The number of hydrogen-bond donors (Lipinski definition) is 1. The number of carbonyl (C=O) groups is 1. The molecule has 98 valence electrons. The quantitative estimate of drug-likeness (QED) is 0.931. The van der Waals surface area contributed by atoms with Crippen molar-refractivity contribution in [3.05, 3.63) is 35.7 Å². The second-order valence-corrected chi connectivity index (χ2v) is 5.59. The fourth-order valence-corrected chi connectivity index (χ4v) is 3.11. The minimum Gasteiger partial charge on any atom is -0.481 e. The minimum atomic E-state index is -0.714. The molecule has 2 aromatic rings. The molecule has 1 fully saturated rings. The molecule has 1 N–H and O–H groups in total. The van der Waals surface area contributed by atoms with E-state index in [1.807, 2.05) is 30.3 Å². The maximum atomic E-state index is 10.6. The molecule has 0 spiro atoms. The Labute approximate surface area is 115 Å². The summed E-state index contributed by atoms with van der Waals surface area (Å²) in [4.78, 5) is 17.4. The van der Waals surface area contributed by atoms with Crippen molar-refractivity contribution in [3.8, 4) is 11.3 Å². The highest BCUT2D eigenvalue weighted by atomic mass is 32.1. The van der Waals surface area contributed by atoms with Crippen LogP contribution in [0, 0.1) is 5.92 Å². The molecule has 0 unspecified atom stereocenters. The van der Waals surface area contributed by atoms with Gasteiger partial charge >= 0.3 is 5.97 Å². The number of nitrogens with zero attached hydrogens (tertiary/aromatic N) is 2. The predicted octanol–water partition coefficient (Wildman–Crippen LogP) is 2.72. The maximum absolute atomic E-state index is 10.6. The Balaban J connectivity index is 1.66. The Morgan fingerprint density at radius 1 is 1.37 bits per heavy atom. The van der Waals surface area contributed by atoms with Crippen molar-refractivity contribution >= 4 is 22.4 Å². The average Bonchev–Trinajstić information content (AvgIpc) is 2.83. The molecule has 1 aliphatic heterocycles. The van der Waals surface area contributed by atoms with E-state index in [1.165, 1.54) is 0 Å². The lowest BCUT2D eigenvalue weighted by Crippen LogP contribution is -2.47. The van der Waals surface area contributed by atoms with Crippen LogP contribution in [0.4, 0.5) is 5.13 Å². The van der Waals surface area contributed by atoms with E-state index in [0.717, 1.165) is 29.5 Å². The normalized spacial score (nSPS) is 15.3. The molecular formula is C14H14N2O2S. The lowest BCUT2D eigenvalue weighted by molar-refractivity contribution is -0.138. The molecule has 0 bridgehead atoms. The van der Waals surface area contributed by atoms with Gasteiger partial charge in [-0.3, -0.25) is 4.79 Å². The standard InChI is InChI=1S/C14H14N2O2S/c17-13(18)6-10-7-16(8-10)14-15-12(9-19-14)11-4-2-1-3-5-11/h1-5,9-10H,6-8H2,(H,17,18). The van der Waals surface area contributed by atoms with E-state index in [9.17, 15) is 4.79 Å². The first-order valence-corrected chi connectivity index (χ1v) is 7.08. The van der Waals surface area contributed by atoms with E-state index < -0.39 is 5.97 Å². The van der Waals surface area contributed by atoms with Crippen molar-refractivity contribution in [2.24, 2.45) is 5.92 Å². The Hall–Kier alpha value is -1.88. The van der Waals surface area contributed by atoms with Crippen LogP contribution in [0.2, 0.25) is 0 Å². The van der Waals surface area contributed by atoms with Crippen LogP contribution in [0.5, 0.6) is 0 Å². The van der Waals surface area contributed by atoms with Gasteiger partial charge in [0.25, 0.3) is 0 Å². The summed E-state index contributed by atoms with van der Waals surface area (Å²) in [5, 5.41) is 11.8. The van der Waals surface area contributed by atoms with Gasteiger partial charge in [-0.2, -0.15) is 0 Å². The van der Waals surface area contributed by atoms with Gasteiger partial charge in [0.2, 0.25) is 0 Å². The van der Waals surface area contributed by atoms with Gasteiger partial charge < -0.3 is 10.0 Å². The zero-order valence-electron chi connectivity index (χ0n) is 10.3. The Kier molecular flexibility index (Phi) is 3.21. The summed E-state index contributed by atoms with van der Waals surface area (Å²) in [5.41, 5.74) is 2.11. The van der Waals surface area contributed by atoms with E-state index in [-0.39, 0.29) is 12.3 Å². The molecule has 1 aromatic heterocycles. The van der Waals surface area contributed by atoms with Crippen molar-refractivity contribution in [2.75, 3.05) is 18.0 Å². The summed E-state index contributed by atoms with van der Waals surface area (Å²) in [6, 6.07) is 10.1. The Bertz CT molecular complexity index is 576. The van der Waals surface area contributed by atoms with E-state index in [2.05, 4.69) is 15.3 Å². The molecule has 0 saturated carbocycles. The van der Waals surface area contributed by atoms with Crippen LogP contribution >= 0.6 is 11.3 Å². The van der Waals surface area contributed by atoms with Gasteiger partial charge in [-0.25, -0.2) is 4.98 Å². The molecule has 0 atom stereocenters. The fourth-order valence-electron chi connectivity index (χ4n) is 2.25. The second-order valence-electron chi connectivity index (χ2n) is 4.75. The highest BCUT2D eigenvalue weighted by Crippen LogP contribution is 2.32. The monoisotopic (exact) mass is 274 g/mol. The van der Waals surface area contributed by atoms with Crippen LogP contribution in [0.3, 0.4) is 0 Å². The van der Waals surface area contributed by atoms with Crippen LogP contribution < -0.4 is 4.90 Å². The van der Waals surface area contributed by atoms with E-state index in [4.69, 9.17) is 5.11 Å². The van der Waals surface area contributed by atoms with Crippen molar-refractivity contribution < 1.29 is 9.90 Å². The summed E-state index contributed by atoms with van der Waals surface area (Å²) < 4.78 is 0. The summed E-state index contributed by atoms with van der Waals surface area (Å²) in [5.74, 6) is -0.449. The number of aliphatic carboxylic acids is 1. The van der Waals surface area contributed by atoms with Gasteiger partial charge in [-0.15, -0.1) is 11.3 Å². The zero-order chi connectivity index (χ0) is 13.2. The number of rotatable bonds is 4. The molecule has 19 heavy (non-hydrogen) atoms. The number of anilines is 1. The van der Waals surface area contributed by atoms with Crippen molar-refractivity contribution in [1.82, 2.24) is 4.98 Å². The van der Waals surface area contributed by atoms with Crippen LogP contribution in [-0.2, 0) is 4.79 Å². The van der Waals surface area contributed by atoms with Crippen molar-refractivity contribution in [2.45, 2.75) is 6.42 Å². The SMILES string of the molecule is O=C(O)CC1CN(c2nc(-c3ccccc3)cs2)C1. The zero-order valence-corrected chi connectivity index (χ0v) is 11.1. The molecule has 0 aliphatic carbocycles. The third kappa shape index (κ3) is 2.61. The largest absolute Gasteiger partial charge is 0.481 e. The van der Waals surface area contributed by atoms with Gasteiger partial charge in [-0.05, 0) is 0 Å². The minimum absolute atomic E-state index is 0.257. The number of thiazole rings is 1. The van der Waals surface area contributed by atoms with Gasteiger partial charge in [0.15, 0.2) is 5.13 Å². The highest BCUT2D eigenvalue weighted by Gasteiger charge is 2.30. The lowest BCUT2D eigenvalue weighted by Gasteiger charge is -2.38. The van der Waals surface area contributed by atoms with Crippen LogP contribution in [0.25, 0.3) is 11.3 Å². The van der Waals surface area contributed by atoms with Gasteiger partial charge in [-0.1, -0.05) is 30.3 Å². The third-order valence-corrected chi connectivity index (χ3v) is 4.15. The van der Waals surface area contributed by atoms with E-state index in [1.54, 1.807) is 11.3 Å². The summed E-state index contributed by atoms with van der Waals surface area (Å²) in [7, 11) is 0. The second kappa shape index (κ2) is 5.01. The maximum Gasteiger partial charge on any atom is 0.303 e. The first-order chi connectivity index (χ1) is 9.22. The van der Waals surface area contributed by atoms with E-state index in [0.29, 0.717) is 0 Å². The molecule has 1 aromatic carbocycles. The fraction of sp³-hybridized carbons (Fsp3) is 0.286. The molecule has 4 nitrogen and oxygen atoms in total. The number of aromatic nitrogens is 1. The summed E-state index contributed by atoms with van der Waals surface area (Å²) in [6.45, 7) is 1.60. The third-order valence-electron chi connectivity index (χ3n) is 3.25. The highest BCUT2D eigenvalue weighted by molar-refractivity contribution is 7.14. The molecule has 1 aliphatic rings. The number of benzene rings is 1. The molecule has 0 amide bonds. The molecular weight excluding hydrogens is 260 g/mol. The van der Waals surface area contributed by atoms with Crippen LogP contribution in [-0.4, -0.2) is 29.1 Å². The molecule has 0 radical (unpaired) electrons. The van der Waals surface area contributed by atoms with Gasteiger partial charge in [0, 0.05) is 30.0 Å².